The lowest BCUT2D eigenvalue weighted by Gasteiger charge is -2.16. The van der Waals surface area contributed by atoms with Crippen LogP contribution in [0.3, 0.4) is 0 Å². The van der Waals surface area contributed by atoms with E-state index in [0.29, 0.717) is 5.88 Å². The average molecular weight is 232 g/mol. The smallest absolute Gasteiger partial charge is 0.218 e. The number of hydrogen-bond donors (Lipinski definition) is 1. The third-order valence-corrected chi connectivity index (χ3v) is 2.61. The molecule has 0 amide bonds. The summed E-state index contributed by atoms with van der Waals surface area (Å²) < 4.78 is 7.19. The van der Waals surface area contributed by atoms with E-state index in [1.807, 2.05) is 37.0 Å². The quantitative estimate of drug-likeness (QED) is 0.858. The van der Waals surface area contributed by atoms with Crippen LogP contribution < -0.4 is 10.1 Å². The van der Waals surface area contributed by atoms with Crippen LogP contribution in [0.1, 0.15) is 17.3 Å². The second-order valence-corrected chi connectivity index (χ2v) is 3.79. The van der Waals surface area contributed by atoms with Crippen LogP contribution in [0, 0.1) is 0 Å². The van der Waals surface area contributed by atoms with Crippen molar-refractivity contribution in [3.8, 4) is 5.88 Å². The zero-order chi connectivity index (χ0) is 12.3. The third kappa shape index (κ3) is 2.29. The van der Waals surface area contributed by atoms with Crippen LogP contribution in [0.5, 0.6) is 5.88 Å². The SMILES string of the molecule is CNC(c1cn(C)cn1)c1cccnc1OC. The molecule has 0 aliphatic heterocycles. The van der Waals surface area contributed by atoms with Gasteiger partial charge in [0.25, 0.3) is 0 Å². The summed E-state index contributed by atoms with van der Waals surface area (Å²) >= 11 is 0. The van der Waals surface area contributed by atoms with Gasteiger partial charge in [0.2, 0.25) is 5.88 Å². The molecule has 17 heavy (non-hydrogen) atoms. The second-order valence-electron chi connectivity index (χ2n) is 3.79. The summed E-state index contributed by atoms with van der Waals surface area (Å²) in [4.78, 5) is 8.56. The van der Waals surface area contributed by atoms with Crippen molar-refractivity contribution in [3.05, 3.63) is 42.1 Å². The number of aryl methyl sites for hydroxylation is 1. The molecule has 1 atom stereocenters. The maximum Gasteiger partial charge on any atom is 0.218 e. The minimum atomic E-state index is -0.0140. The average Bonchev–Trinajstić information content (AvgIpc) is 2.77. The molecule has 1 N–H and O–H groups in total. The zero-order valence-electron chi connectivity index (χ0n) is 10.2. The Morgan fingerprint density at radius 3 is 2.82 bits per heavy atom. The molecule has 0 fully saturated rings. The zero-order valence-corrected chi connectivity index (χ0v) is 10.2. The number of nitrogens with zero attached hydrogens (tertiary/aromatic N) is 3. The molecular weight excluding hydrogens is 216 g/mol. The number of aromatic nitrogens is 3. The molecular formula is C12H16N4O. The van der Waals surface area contributed by atoms with E-state index >= 15 is 0 Å². The molecule has 0 aliphatic rings. The lowest BCUT2D eigenvalue weighted by atomic mass is 10.1. The van der Waals surface area contributed by atoms with Crippen LogP contribution in [0.4, 0.5) is 0 Å². The standard InChI is InChI=1S/C12H16N4O/c1-13-11(10-7-16(2)8-15-10)9-5-4-6-14-12(9)17-3/h4-8,11,13H,1-3H3. The third-order valence-electron chi connectivity index (χ3n) is 2.61. The monoisotopic (exact) mass is 232 g/mol. The van der Waals surface area contributed by atoms with Crippen molar-refractivity contribution < 1.29 is 4.74 Å². The van der Waals surface area contributed by atoms with E-state index in [2.05, 4.69) is 15.3 Å². The Balaban J connectivity index is 2.41. The Hall–Kier alpha value is -1.88. The van der Waals surface area contributed by atoms with Crippen molar-refractivity contribution in [2.75, 3.05) is 14.2 Å². The highest BCUT2D eigenvalue weighted by molar-refractivity contribution is 5.34. The molecule has 0 aromatic carbocycles. The highest BCUT2D eigenvalue weighted by Gasteiger charge is 2.18. The van der Waals surface area contributed by atoms with Gasteiger partial charge in [0.1, 0.15) is 0 Å². The molecule has 2 aromatic heterocycles. The first-order chi connectivity index (χ1) is 8.26. The molecule has 0 spiro atoms. The van der Waals surface area contributed by atoms with Crippen molar-refractivity contribution in [1.82, 2.24) is 19.9 Å². The molecule has 0 radical (unpaired) electrons. The molecule has 2 rings (SSSR count). The van der Waals surface area contributed by atoms with E-state index in [4.69, 9.17) is 4.74 Å². The number of imidazole rings is 1. The van der Waals surface area contributed by atoms with E-state index in [-0.39, 0.29) is 6.04 Å². The molecule has 2 aromatic rings. The number of nitrogens with one attached hydrogen (secondary N) is 1. The first-order valence-electron chi connectivity index (χ1n) is 5.40. The maximum absolute atomic E-state index is 5.27. The van der Waals surface area contributed by atoms with Crippen LogP contribution in [0.25, 0.3) is 0 Å². The lowest BCUT2D eigenvalue weighted by molar-refractivity contribution is 0.388. The van der Waals surface area contributed by atoms with Crippen molar-refractivity contribution in [2.45, 2.75) is 6.04 Å². The Kier molecular flexibility index (Phi) is 3.39. The molecule has 90 valence electrons. The van der Waals surface area contributed by atoms with E-state index in [9.17, 15) is 0 Å². The number of ether oxygens (including phenoxy) is 1. The van der Waals surface area contributed by atoms with Crippen LogP contribution >= 0.6 is 0 Å². The second kappa shape index (κ2) is 4.97. The van der Waals surface area contributed by atoms with Gasteiger partial charge in [-0.25, -0.2) is 9.97 Å². The Labute approximate surface area is 100 Å². The summed E-state index contributed by atoms with van der Waals surface area (Å²) in [6.45, 7) is 0. The summed E-state index contributed by atoms with van der Waals surface area (Å²) in [5, 5.41) is 3.23. The van der Waals surface area contributed by atoms with Crippen molar-refractivity contribution in [3.63, 3.8) is 0 Å². The summed E-state index contributed by atoms with van der Waals surface area (Å²) in [7, 11) is 5.46. The molecule has 0 saturated heterocycles. The fourth-order valence-corrected chi connectivity index (χ4v) is 1.84. The van der Waals surface area contributed by atoms with Gasteiger partial charge in [-0.1, -0.05) is 6.07 Å². The lowest BCUT2D eigenvalue weighted by Crippen LogP contribution is -2.19. The van der Waals surface area contributed by atoms with Gasteiger partial charge in [-0.05, 0) is 13.1 Å². The Bertz CT molecular complexity index is 495. The van der Waals surface area contributed by atoms with Gasteiger partial charge in [-0.2, -0.15) is 0 Å². The summed E-state index contributed by atoms with van der Waals surface area (Å²) in [5.74, 6) is 0.623. The first-order valence-corrected chi connectivity index (χ1v) is 5.40. The number of hydrogen-bond acceptors (Lipinski definition) is 4. The van der Waals surface area contributed by atoms with Gasteiger partial charge < -0.3 is 14.6 Å². The highest BCUT2D eigenvalue weighted by Crippen LogP contribution is 2.26. The fraction of sp³-hybridized carbons (Fsp3) is 0.333. The molecule has 5 heteroatoms. The van der Waals surface area contributed by atoms with Crippen molar-refractivity contribution in [1.29, 1.82) is 0 Å². The normalized spacial score (nSPS) is 12.4. The molecule has 1 unspecified atom stereocenters. The maximum atomic E-state index is 5.27. The number of pyridine rings is 1. The van der Waals surface area contributed by atoms with E-state index in [0.717, 1.165) is 11.3 Å². The summed E-state index contributed by atoms with van der Waals surface area (Å²) in [5.41, 5.74) is 1.93. The van der Waals surface area contributed by atoms with Crippen LogP contribution in [-0.2, 0) is 7.05 Å². The van der Waals surface area contributed by atoms with Crippen LogP contribution in [0.2, 0.25) is 0 Å². The van der Waals surface area contributed by atoms with Gasteiger partial charge >= 0.3 is 0 Å². The minimum Gasteiger partial charge on any atom is -0.481 e. The largest absolute Gasteiger partial charge is 0.481 e. The van der Waals surface area contributed by atoms with Crippen LogP contribution in [0.15, 0.2) is 30.9 Å². The summed E-state index contributed by atoms with van der Waals surface area (Å²) in [6, 6.07) is 3.87. The predicted octanol–water partition coefficient (Wildman–Crippen LogP) is 1.13. The molecule has 0 bridgehead atoms. The minimum absolute atomic E-state index is 0.0140. The highest BCUT2D eigenvalue weighted by atomic mass is 16.5. The van der Waals surface area contributed by atoms with Gasteiger partial charge in [0.15, 0.2) is 0 Å². The molecule has 2 heterocycles. The van der Waals surface area contributed by atoms with E-state index in [1.165, 1.54) is 0 Å². The fourth-order valence-electron chi connectivity index (χ4n) is 1.84. The number of methoxy groups -OCH3 is 1. The first kappa shape index (κ1) is 11.6. The van der Waals surface area contributed by atoms with Crippen molar-refractivity contribution in [2.24, 2.45) is 7.05 Å². The van der Waals surface area contributed by atoms with Gasteiger partial charge in [-0.15, -0.1) is 0 Å². The Morgan fingerprint density at radius 2 is 2.24 bits per heavy atom. The van der Waals surface area contributed by atoms with Gasteiger partial charge in [-0.3, -0.25) is 0 Å². The van der Waals surface area contributed by atoms with E-state index in [1.54, 1.807) is 19.6 Å². The molecule has 0 aliphatic carbocycles. The molecule has 5 nitrogen and oxygen atoms in total. The van der Waals surface area contributed by atoms with Crippen molar-refractivity contribution >= 4 is 0 Å². The summed E-state index contributed by atoms with van der Waals surface area (Å²) in [6.07, 6.45) is 5.48. The predicted molar refractivity (Wildman–Crippen MR) is 64.9 cm³/mol. The topological polar surface area (TPSA) is 52.0 Å². The number of rotatable bonds is 4. The van der Waals surface area contributed by atoms with Gasteiger partial charge in [0.05, 0.1) is 25.2 Å². The van der Waals surface area contributed by atoms with E-state index < -0.39 is 0 Å². The van der Waals surface area contributed by atoms with Gasteiger partial charge in [0, 0.05) is 25.0 Å². The van der Waals surface area contributed by atoms with Crippen LogP contribution in [-0.4, -0.2) is 28.7 Å². The Morgan fingerprint density at radius 1 is 1.41 bits per heavy atom. The molecule has 0 saturated carbocycles.